The lowest BCUT2D eigenvalue weighted by Crippen LogP contribution is -2.36. The van der Waals surface area contributed by atoms with Crippen LogP contribution in [0.1, 0.15) is 42.1 Å². The van der Waals surface area contributed by atoms with Crippen LogP contribution >= 0.6 is 11.6 Å². The van der Waals surface area contributed by atoms with Gasteiger partial charge in [-0.25, -0.2) is 0 Å². The van der Waals surface area contributed by atoms with Gasteiger partial charge in [-0.15, -0.1) is 0 Å². The molecular formula is C25H28ClN3O3. The molecule has 6 nitrogen and oxygen atoms in total. The Balaban J connectivity index is 1.33. The normalized spacial score (nSPS) is 19.8. The summed E-state index contributed by atoms with van der Waals surface area (Å²) < 4.78 is 5.77. The molecule has 0 radical (unpaired) electrons. The molecule has 2 amide bonds. The van der Waals surface area contributed by atoms with Crippen molar-refractivity contribution in [2.45, 2.75) is 26.2 Å². The van der Waals surface area contributed by atoms with Crippen LogP contribution in [-0.2, 0) is 4.79 Å². The number of hydrogen-bond acceptors (Lipinski definition) is 4. The van der Waals surface area contributed by atoms with Gasteiger partial charge in [-0.1, -0.05) is 30.7 Å². The third-order valence-corrected chi connectivity index (χ3v) is 6.03. The Bertz CT molecular complexity index is 1020. The van der Waals surface area contributed by atoms with Gasteiger partial charge in [0.2, 0.25) is 0 Å². The lowest BCUT2D eigenvalue weighted by atomic mass is 10.0. The van der Waals surface area contributed by atoms with Gasteiger partial charge in [0.1, 0.15) is 0 Å². The first-order chi connectivity index (χ1) is 15.5. The average molecular weight is 454 g/mol. The zero-order valence-electron chi connectivity index (χ0n) is 18.2. The molecule has 0 bridgehead atoms. The van der Waals surface area contributed by atoms with E-state index in [2.05, 4.69) is 22.5 Å². The minimum Gasteiger partial charge on any atom is -0.449 e. The number of hydrogen-bond donors (Lipinski definition) is 2. The van der Waals surface area contributed by atoms with Gasteiger partial charge >= 0.3 is 0 Å². The molecule has 2 aliphatic heterocycles. The molecule has 2 aromatic carbocycles. The van der Waals surface area contributed by atoms with Crippen LogP contribution in [0.5, 0.6) is 5.75 Å². The largest absolute Gasteiger partial charge is 0.449 e. The molecule has 7 heteroatoms. The highest BCUT2D eigenvalue weighted by Crippen LogP contribution is 2.32. The van der Waals surface area contributed by atoms with E-state index in [0.29, 0.717) is 28.6 Å². The van der Waals surface area contributed by atoms with Gasteiger partial charge in [-0.05, 0) is 80.2 Å². The van der Waals surface area contributed by atoms with Crippen LogP contribution in [0.2, 0.25) is 5.02 Å². The van der Waals surface area contributed by atoms with Gasteiger partial charge in [0.15, 0.2) is 11.5 Å². The van der Waals surface area contributed by atoms with Crippen LogP contribution in [-0.4, -0.2) is 42.9 Å². The number of carbonyl (C=O) groups is 2. The number of fused-ring (bicyclic) bond motifs is 1. The predicted octanol–water partition coefficient (Wildman–Crippen LogP) is 4.56. The first kappa shape index (κ1) is 22.4. The SMILES string of the molecule is CC1CCCN(CCCNC(=O)c2ccc3c(c2)NC(=O)C(=Cc2ccc(Cl)cc2)O3)C1. The highest BCUT2D eigenvalue weighted by atomic mass is 35.5. The van der Waals surface area contributed by atoms with E-state index in [1.807, 2.05) is 0 Å². The number of piperidine rings is 1. The number of nitrogens with one attached hydrogen (secondary N) is 2. The van der Waals surface area contributed by atoms with Gasteiger partial charge in [0.25, 0.3) is 11.8 Å². The maximum Gasteiger partial charge on any atom is 0.291 e. The zero-order chi connectivity index (χ0) is 22.5. The molecule has 2 N–H and O–H groups in total. The third kappa shape index (κ3) is 5.69. The molecule has 2 heterocycles. The topological polar surface area (TPSA) is 70.7 Å². The number of ether oxygens (including phenoxy) is 1. The lowest BCUT2D eigenvalue weighted by molar-refractivity contribution is -0.115. The number of carbonyl (C=O) groups excluding carboxylic acids is 2. The summed E-state index contributed by atoms with van der Waals surface area (Å²) in [5.41, 5.74) is 1.78. The monoisotopic (exact) mass is 453 g/mol. The number of nitrogens with zero attached hydrogens (tertiary/aromatic N) is 1. The fourth-order valence-electron chi connectivity index (χ4n) is 4.11. The first-order valence-corrected chi connectivity index (χ1v) is 11.5. The van der Waals surface area contributed by atoms with Crippen molar-refractivity contribution >= 4 is 35.2 Å². The molecule has 0 aliphatic carbocycles. The van der Waals surface area contributed by atoms with Gasteiger partial charge in [0.05, 0.1) is 5.69 Å². The molecule has 2 aromatic rings. The molecule has 4 rings (SSSR count). The van der Waals surface area contributed by atoms with Crippen molar-refractivity contribution in [2.75, 3.05) is 31.5 Å². The highest BCUT2D eigenvalue weighted by Gasteiger charge is 2.23. The Morgan fingerprint density at radius 3 is 2.88 bits per heavy atom. The highest BCUT2D eigenvalue weighted by molar-refractivity contribution is 6.30. The number of likely N-dealkylation sites (tertiary alicyclic amines) is 1. The van der Waals surface area contributed by atoms with Crippen LogP contribution in [0, 0.1) is 5.92 Å². The Hall–Kier alpha value is -2.83. The molecular weight excluding hydrogens is 426 g/mol. The van der Waals surface area contributed by atoms with Crippen LogP contribution < -0.4 is 15.4 Å². The van der Waals surface area contributed by atoms with Crippen molar-refractivity contribution in [1.82, 2.24) is 10.2 Å². The third-order valence-electron chi connectivity index (χ3n) is 5.78. The van der Waals surface area contributed by atoms with Crippen molar-refractivity contribution in [3.05, 3.63) is 64.4 Å². The molecule has 168 valence electrons. The maximum atomic E-state index is 12.5. The maximum absolute atomic E-state index is 12.5. The van der Waals surface area contributed by atoms with Crippen molar-refractivity contribution in [1.29, 1.82) is 0 Å². The molecule has 0 spiro atoms. The number of halogens is 1. The van der Waals surface area contributed by atoms with Crippen LogP contribution in [0.15, 0.2) is 48.2 Å². The van der Waals surface area contributed by atoms with Crippen LogP contribution in [0.25, 0.3) is 6.08 Å². The number of anilines is 1. The van der Waals surface area contributed by atoms with E-state index < -0.39 is 0 Å². The number of benzene rings is 2. The van der Waals surface area contributed by atoms with E-state index in [9.17, 15) is 9.59 Å². The minimum atomic E-state index is -0.360. The zero-order valence-corrected chi connectivity index (χ0v) is 19.0. The smallest absolute Gasteiger partial charge is 0.291 e. The average Bonchev–Trinajstić information content (AvgIpc) is 2.78. The second-order valence-electron chi connectivity index (χ2n) is 8.48. The number of amides is 2. The van der Waals surface area contributed by atoms with E-state index in [1.165, 1.54) is 12.8 Å². The fraction of sp³-hybridized carbons (Fsp3) is 0.360. The van der Waals surface area contributed by atoms with Gasteiger partial charge in [0, 0.05) is 23.7 Å². The second kappa shape index (κ2) is 10.2. The lowest BCUT2D eigenvalue weighted by Gasteiger charge is -2.30. The van der Waals surface area contributed by atoms with Crippen LogP contribution in [0.4, 0.5) is 5.69 Å². The summed E-state index contributed by atoms with van der Waals surface area (Å²) in [7, 11) is 0. The molecule has 1 saturated heterocycles. The Kier molecular flexibility index (Phi) is 7.12. The van der Waals surface area contributed by atoms with E-state index in [4.69, 9.17) is 16.3 Å². The molecule has 32 heavy (non-hydrogen) atoms. The van der Waals surface area contributed by atoms with Crippen molar-refractivity contribution in [2.24, 2.45) is 5.92 Å². The van der Waals surface area contributed by atoms with E-state index in [0.717, 1.165) is 37.5 Å². The Morgan fingerprint density at radius 2 is 2.09 bits per heavy atom. The molecule has 1 atom stereocenters. The number of rotatable bonds is 6. The van der Waals surface area contributed by atoms with E-state index in [-0.39, 0.29) is 17.6 Å². The van der Waals surface area contributed by atoms with E-state index in [1.54, 1.807) is 48.5 Å². The van der Waals surface area contributed by atoms with Gasteiger partial charge < -0.3 is 20.3 Å². The summed E-state index contributed by atoms with van der Waals surface area (Å²) in [5, 5.41) is 6.40. The standard InChI is InChI=1S/C25H28ClN3O3/c1-17-4-2-12-29(16-17)13-3-11-27-24(30)19-7-10-22-21(15-19)28-25(31)23(32-22)14-18-5-8-20(26)9-6-18/h5-10,14-15,17H,2-4,11-13,16H2,1H3,(H,27,30)(H,28,31). The van der Waals surface area contributed by atoms with E-state index >= 15 is 0 Å². The minimum absolute atomic E-state index is 0.156. The molecule has 1 fully saturated rings. The summed E-state index contributed by atoms with van der Waals surface area (Å²) in [6.07, 6.45) is 5.14. The molecule has 1 unspecified atom stereocenters. The Morgan fingerprint density at radius 1 is 1.28 bits per heavy atom. The van der Waals surface area contributed by atoms with Crippen LogP contribution in [0.3, 0.4) is 0 Å². The van der Waals surface area contributed by atoms with Gasteiger partial charge in [-0.3, -0.25) is 9.59 Å². The molecule has 0 aromatic heterocycles. The molecule has 0 saturated carbocycles. The summed E-state index contributed by atoms with van der Waals surface area (Å²) in [6, 6.07) is 12.2. The quantitative estimate of drug-likeness (QED) is 0.496. The summed E-state index contributed by atoms with van der Waals surface area (Å²) >= 11 is 5.91. The predicted molar refractivity (Wildman–Crippen MR) is 127 cm³/mol. The molecule has 2 aliphatic rings. The summed E-state index contributed by atoms with van der Waals surface area (Å²) in [5.74, 6) is 0.926. The Labute approximate surface area is 193 Å². The second-order valence-corrected chi connectivity index (χ2v) is 8.92. The summed E-state index contributed by atoms with van der Waals surface area (Å²) in [6.45, 7) is 6.21. The van der Waals surface area contributed by atoms with Crippen molar-refractivity contribution < 1.29 is 14.3 Å². The summed E-state index contributed by atoms with van der Waals surface area (Å²) in [4.78, 5) is 27.5. The van der Waals surface area contributed by atoms with Crippen molar-refractivity contribution in [3.8, 4) is 5.75 Å². The first-order valence-electron chi connectivity index (χ1n) is 11.1. The van der Waals surface area contributed by atoms with Gasteiger partial charge in [-0.2, -0.15) is 0 Å². The van der Waals surface area contributed by atoms with Crippen molar-refractivity contribution in [3.63, 3.8) is 0 Å². The fourth-order valence-corrected chi connectivity index (χ4v) is 4.23.